The van der Waals surface area contributed by atoms with Crippen molar-refractivity contribution in [2.75, 3.05) is 0 Å². The number of hydrogen-bond acceptors (Lipinski definition) is 1. The molecule has 1 rings (SSSR count). The summed E-state index contributed by atoms with van der Waals surface area (Å²) < 4.78 is 0. The van der Waals surface area contributed by atoms with Crippen LogP contribution in [0.3, 0.4) is 0 Å². The van der Waals surface area contributed by atoms with Gasteiger partial charge in [-0.3, -0.25) is 0 Å². The Balaban J connectivity index is 2.52. The van der Waals surface area contributed by atoms with E-state index in [2.05, 4.69) is 24.0 Å². The third kappa shape index (κ3) is 3.64. The second kappa shape index (κ2) is 4.83. The first-order valence-corrected chi connectivity index (χ1v) is 4.84. The van der Waals surface area contributed by atoms with Gasteiger partial charge in [0.1, 0.15) is 5.60 Å². The van der Waals surface area contributed by atoms with Gasteiger partial charge in [0.05, 0.1) is 0 Å². The maximum atomic E-state index is 9.80. The average Bonchev–Trinajstić information content (AvgIpc) is 2.17. The van der Waals surface area contributed by atoms with E-state index in [9.17, 15) is 5.11 Å². The van der Waals surface area contributed by atoms with Gasteiger partial charge in [-0.1, -0.05) is 36.3 Å². The molecule has 0 aliphatic rings. The molecule has 1 heteroatoms. The Morgan fingerprint density at radius 2 is 1.93 bits per heavy atom. The number of hydrogen-bond donors (Lipinski definition) is 1. The average molecular weight is 188 g/mol. The fourth-order valence-corrected chi connectivity index (χ4v) is 1.36. The van der Waals surface area contributed by atoms with Gasteiger partial charge in [-0.15, -0.1) is 5.92 Å². The number of rotatable bonds is 3. The Morgan fingerprint density at radius 3 is 2.50 bits per heavy atom. The standard InChI is InChI=1S/C13H16O/c1-3-10-13(2,14)11-9-12-7-5-4-6-8-12/h4-8,14H,9,11H2,1-2H3. The minimum absolute atomic E-state index is 0.678. The van der Waals surface area contributed by atoms with Gasteiger partial charge in [0, 0.05) is 0 Å². The lowest BCUT2D eigenvalue weighted by atomic mass is 9.97. The molecule has 74 valence electrons. The fourth-order valence-electron chi connectivity index (χ4n) is 1.36. The van der Waals surface area contributed by atoms with Crippen molar-refractivity contribution in [1.82, 2.24) is 0 Å². The summed E-state index contributed by atoms with van der Waals surface area (Å²) in [7, 11) is 0. The summed E-state index contributed by atoms with van der Waals surface area (Å²) >= 11 is 0. The van der Waals surface area contributed by atoms with E-state index in [4.69, 9.17) is 0 Å². The Morgan fingerprint density at radius 1 is 1.29 bits per heavy atom. The lowest BCUT2D eigenvalue weighted by Crippen LogP contribution is -2.22. The van der Waals surface area contributed by atoms with Gasteiger partial charge in [0.25, 0.3) is 0 Å². The summed E-state index contributed by atoms with van der Waals surface area (Å²) in [4.78, 5) is 0. The summed E-state index contributed by atoms with van der Waals surface area (Å²) in [6.07, 6.45) is 1.54. The maximum absolute atomic E-state index is 9.80. The molecule has 1 aromatic rings. The van der Waals surface area contributed by atoms with Crippen molar-refractivity contribution in [3.05, 3.63) is 35.9 Å². The van der Waals surface area contributed by atoms with Crippen molar-refractivity contribution in [2.45, 2.75) is 32.3 Å². The van der Waals surface area contributed by atoms with Crippen LogP contribution in [-0.2, 0) is 6.42 Å². The minimum atomic E-state index is -0.857. The number of aryl methyl sites for hydroxylation is 1. The molecule has 0 heterocycles. The monoisotopic (exact) mass is 188 g/mol. The van der Waals surface area contributed by atoms with E-state index in [0.29, 0.717) is 6.42 Å². The van der Waals surface area contributed by atoms with Crippen molar-refractivity contribution in [3.63, 3.8) is 0 Å². The maximum Gasteiger partial charge on any atom is 0.123 e. The molecule has 0 spiro atoms. The van der Waals surface area contributed by atoms with Crippen LogP contribution in [0, 0.1) is 11.8 Å². The van der Waals surface area contributed by atoms with Crippen LogP contribution in [0.4, 0.5) is 0 Å². The molecule has 1 aromatic carbocycles. The second-order valence-corrected chi connectivity index (χ2v) is 3.63. The summed E-state index contributed by atoms with van der Waals surface area (Å²) in [5.41, 5.74) is 0.385. The van der Waals surface area contributed by atoms with Crippen LogP contribution in [0.15, 0.2) is 30.3 Å². The van der Waals surface area contributed by atoms with Crippen molar-refractivity contribution in [2.24, 2.45) is 0 Å². The molecule has 0 saturated carbocycles. The van der Waals surface area contributed by atoms with Crippen LogP contribution < -0.4 is 0 Å². The lowest BCUT2D eigenvalue weighted by Gasteiger charge is -2.15. The molecule has 0 aliphatic carbocycles. The fraction of sp³-hybridized carbons (Fsp3) is 0.385. The van der Waals surface area contributed by atoms with E-state index in [1.807, 2.05) is 18.2 Å². The molecule has 0 amide bonds. The predicted molar refractivity (Wildman–Crippen MR) is 58.8 cm³/mol. The van der Waals surface area contributed by atoms with E-state index in [0.717, 1.165) is 6.42 Å². The van der Waals surface area contributed by atoms with Crippen LogP contribution in [0.5, 0.6) is 0 Å². The van der Waals surface area contributed by atoms with Crippen LogP contribution in [0.1, 0.15) is 25.8 Å². The minimum Gasteiger partial charge on any atom is -0.378 e. The van der Waals surface area contributed by atoms with Crippen molar-refractivity contribution in [1.29, 1.82) is 0 Å². The smallest absolute Gasteiger partial charge is 0.123 e. The van der Waals surface area contributed by atoms with Gasteiger partial charge in [-0.05, 0) is 32.3 Å². The van der Waals surface area contributed by atoms with Gasteiger partial charge in [0.2, 0.25) is 0 Å². The van der Waals surface area contributed by atoms with Gasteiger partial charge >= 0.3 is 0 Å². The predicted octanol–water partition coefficient (Wildman–Crippen LogP) is 2.39. The highest BCUT2D eigenvalue weighted by Crippen LogP contribution is 2.12. The van der Waals surface area contributed by atoms with E-state index >= 15 is 0 Å². The second-order valence-electron chi connectivity index (χ2n) is 3.63. The molecule has 1 unspecified atom stereocenters. The summed E-state index contributed by atoms with van der Waals surface area (Å²) in [6.45, 7) is 3.50. The van der Waals surface area contributed by atoms with E-state index in [-0.39, 0.29) is 0 Å². The molecule has 1 nitrogen and oxygen atoms in total. The summed E-state index contributed by atoms with van der Waals surface area (Å²) in [5.74, 6) is 5.54. The third-order valence-electron chi connectivity index (χ3n) is 2.14. The molecule has 1 atom stereocenters. The van der Waals surface area contributed by atoms with Gasteiger partial charge in [-0.25, -0.2) is 0 Å². The van der Waals surface area contributed by atoms with Gasteiger partial charge in [0.15, 0.2) is 0 Å². The highest BCUT2D eigenvalue weighted by atomic mass is 16.3. The largest absolute Gasteiger partial charge is 0.378 e. The zero-order chi connectivity index (χ0) is 10.4. The molecule has 0 bridgehead atoms. The summed E-state index contributed by atoms with van der Waals surface area (Å²) in [6, 6.07) is 10.1. The Kier molecular flexibility index (Phi) is 3.73. The van der Waals surface area contributed by atoms with Crippen LogP contribution in [0.25, 0.3) is 0 Å². The van der Waals surface area contributed by atoms with Crippen LogP contribution >= 0.6 is 0 Å². The summed E-state index contributed by atoms with van der Waals surface area (Å²) in [5, 5.41) is 9.80. The molecule has 0 radical (unpaired) electrons. The first-order valence-electron chi connectivity index (χ1n) is 4.84. The molecule has 0 aliphatic heterocycles. The van der Waals surface area contributed by atoms with E-state index in [1.165, 1.54) is 5.56 Å². The van der Waals surface area contributed by atoms with Crippen molar-refractivity contribution >= 4 is 0 Å². The van der Waals surface area contributed by atoms with Gasteiger partial charge < -0.3 is 5.11 Å². The van der Waals surface area contributed by atoms with E-state index < -0.39 is 5.60 Å². The molecular formula is C13H16O. The molecule has 1 N–H and O–H groups in total. The first-order chi connectivity index (χ1) is 6.64. The molecule has 14 heavy (non-hydrogen) atoms. The highest BCUT2D eigenvalue weighted by molar-refractivity contribution is 5.17. The quantitative estimate of drug-likeness (QED) is 0.722. The van der Waals surface area contributed by atoms with E-state index in [1.54, 1.807) is 13.8 Å². The molecule has 0 aromatic heterocycles. The molecule has 0 fully saturated rings. The molecule has 0 saturated heterocycles. The van der Waals surface area contributed by atoms with Crippen LogP contribution in [-0.4, -0.2) is 10.7 Å². The topological polar surface area (TPSA) is 20.2 Å². The zero-order valence-corrected chi connectivity index (χ0v) is 8.75. The normalized spacial score (nSPS) is 13.9. The SMILES string of the molecule is CC#CC(C)(O)CCc1ccccc1. The third-order valence-corrected chi connectivity index (χ3v) is 2.14. The Bertz CT molecular complexity index is 327. The first kappa shape index (κ1) is 10.8. The van der Waals surface area contributed by atoms with Crippen molar-refractivity contribution < 1.29 is 5.11 Å². The lowest BCUT2D eigenvalue weighted by molar-refractivity contribution is 0.112. The number of aliphatic hydroxyl groups is 1. The highest BCUT2D eigenvalue weighted by Gasteiger charge is 2.15. The zero-order valence-electron chi connectivity index (χ0n) is 8.75. The Hall–Kier alpha value is -1.26. The van der Waals surface area contributed by atoms with Crippen molar-refractivity contribution in [3.8, 4) is 11.8 Å². The Labute approximate surface area is 85.8 Å². The molecular weight excluding hydrogens is 172 g/mol. The number of benzene rings is 1. The van der Waals surface area contributed by atoms with Gasteiger partial charge in [-0.2, -0.15) is 0 Å². The van der Waals surface area contributed by atoms with Crippen LogP contribution in [0.2, 0.25) is 0 Å².